The van der Waals surface area contributed by atoms with Crippen LogP contribution >= 0.6 is 0 Å². The minimum Gasteiger partial charge on any atom is -0.478 e. The predicted molar refractivity (Wildman–Crippen MR) is 92.7 cm³/mol. The van der Waals surface area contributed by atoms with E-state index in [0.717, 1.165) is 19.6 Å². The second-order valence-electron chi connectivity index (χ2n) is 5.96. The molecule has 2 aliphatic rings. The summed E-state index contributed by atoms with van der Waals surface area (Å²) in [5.74, 6) is -2.51. The van der Waals surface area contributed by atoms with E-state index in [1.165, 1.54) is 36.9 Å². The van der Waals surface area contributed by atoms with E-state index in [0.29, 0.717) is 12.2 Å². The minimum atomic E-state index is -1.26. The normalized spacial score (nSPS) is 16.0. The molecule has 0 saturated carbocycles. The summed E-state index contributed by atoms with van der Waals surface area (Å²) < 4.78 is 0. The monoisotopic (exact) mass is 332 g/mol. The van der Waals surface area contributed by atoms with E-state index in [2.05, 4.69) is 23.6 Å². The average molecular weight is 332 g/mol. The van der Waals surface area contributed by atoms with Crippen molar-refractivity contribution in [1.29, 1.82) is 0 Å². The number of rotatable bonds is 2. The first-order valence-corrected chi connectivity index (χ1v) is 8.21. The Balaban J connectivity index is 0.000000224. The quantitative estimate of drug-likeness (QED) is 0.616. The van der Waals surface area contributed by atoms with Gasteiger partial charge >= 0.3 is 11.9 Å². The summed E-state index contributed by atoms with van der Waals surface area (Å²) >= 11 is 0. The Kier molecular flexibility index (Phi) is 6.37. The lowest BCUT2D eigenvalue weighted by atomic mass is 9.90. The van der Waals surface area contributed by atoms with Crippen LogP contribution in [0.15, 0.2) is 18.2 Å². The molecule has 0 unspecified atom stereocenters. The Morgan fingerprint density at radius 2 is 1.67 bits per heavy atom. The Morgan fingerprint density at radius 3 is 2.33 bits per heavy atom. The van der Waals surface area contributed by atoms with Crippen molar-refractivity contribution in [1.82, 2.24) is 5.32 Å². The van der Waals surface area contributed by atoms with Crippen molar-refractivity contribution in [2.75, 3.05) is 25.0 Å². The van der Waals surface area contributed by atoms with Gasteiger partial charge in [0.1, 0.15) is 0 Å². The van der Waals surface area contributed by atoms with E-state index < -0.39 is 11.9 Å². The molecule has 3 rings (SSSR count). The zero-order chi connectivity index (χ0) is 17.5. The summed E-state index contributed by atoms with van der Waals surface area (Å²) in [5, 5.41) is 22.7. The predicted octanol–water partition coefficient (Wildman–Crippen LogP) is 1.75. The number of hydrogen-bond donors (Lipinski definition) is 4. The third-order valence-electron chi connectivity index (χ3n) is 4.30. The summed E-state index contributed by atoms with van der Waals surface area (Å²) in [5.41, 5.74) is 7.68. The minimum absolute atomic E-state index is 0.558. The number of aryl methyl sites for hydroxylation is 1. The first-order valence-electron chi connectivity index (χ1n) is 8.21. The first kappa shape index (κ1) is 18.0. The van der Waals surface area contributed by atoms with Gasteiger partial charge in [-0.3, -0.25) is 0 Å². The molecule has 0 bridgehead atoms. The van der Waals surface area contributed by atoms with Gasteiger partial charge in [0.25, 0.3) is 0 Å². The number of aliphatic carboxylic acids is 2. The maximum absolute atomic E-state index is 9.55. The van der Waals surface area contributed by atoms with E-state index in [9.17, 15) is 9.59 Å². The Labute approximate surface area is 141 Å². The van der Waals surface area contributed by atoms with Crippen LogP contribution in [0.5, 0.6) is 0 Å². The Morgan fingerprint density at radius 1 is 1.00 bits per heavy atom. The molecule has 2 heterocycles. The summed E-state index contributed by atoms with van der Waals surface area (Å²) in [6.45, 7) is 5.71. The van der Waals surface area contributed by atoms with Gasteiger partial charge in [-0.1, -0.05) is 6.07 Å². The molecule has 2 aliphatic heterocycles. The van der Waals surface area contributed by atoms with Crippen LogP contribution in [0.3, 0.4) is 0 Å². The fraction of sp³-hybridized carbons (Fsp3) is 0.444. The second-order valence-corrected chi connectivity index (χ2v) is 5.96. The van der Waals surface area contributed by atoms with E-state index in [-0.39, 0.29) is 0 Å². The summed E-state index contributed by atoms with van der Waals surface area (Å²) in [4.78, 5) is 19.1. The van der Waals surface area contributed by atoms with Crippen LogP contribution in [-0.2, 0) is 28.9 Å². The van der Waals surface area contributed by atoms with Gasteiger partial charge in [0, 0.05) is 24.4 Å². The van der Waals surface area contributed by atoms with Gasteiger partial charge in [-0.2, -0.15) is 0 Å². The SMILES string of the molecule is Cc1c2c(cc3c1NCCC3)CCNCC2.O=C(O)/C=C/C(=O)O. The van der Waals surface area contributed by atoms with Crippen LogP contribution in [0.4, 0.5) is 5.69 Å². The molecular formula is C18H24N2O4. The van der Waals surface area contributed by atoms with Crippen LogP contribution in [0.1, 0.15) is 28.7 Å². The van der Waals surface area contributed by atoms with Gasteiger partial charge in [0.15, 0.2) is 0 Å². The molecule has 6 nitrogen and oxygen atoms in total. The number of benzene rings is 1. The van der Waals surface area contributed by atoms with Crippen molar-refractivity contribution in [3.63, 3.8) is 0 Å². The summed E-state index contributed by atoms with van der Waals surface area (Å²) in [6, 6.07) is 2.46. The lowest BCUT2D eigenvalue weighted by Crippen LogP contribution is -2.16. The fourth-order valence-corrected chi connectivity index (χ4v) is 3.21. The molecule has 0 spiro atoms. The Bertz CT molecular complexity index is 637. The summed E-state index contributed by atoms with van der Waals surface area (Å²) in [6.07, 6.45) is 6.04. The number of carboxylic acid groups (broad SMARTS) is 2. The maximum atomic E-state index is 9.55. The Hall–Kier alpha value is -2.34. The van der Waals surface area contributed by atoms with Crippen LogP contribution in [0.25, 0.3) is 0 Å². The third-order valence-corrected chi connectivity index (χ3v) is 4.30. The highest BCUT2D eigenvalue weighted by molar-refractivity contribution is 5.89. The van der Waals surface area contributed by atoms with Crippen molar-refractivity contribution in [3.8, 4) is 0 Å². The average Bonchev–Trinajstić information content (AvgIpc) is 2.79. The van der Waals surface area contributed by atoms with Crippen molar-refractivity contribution >= 4 is 17.6 Å². The topological polar surface area (TPSA) is 98.7 Å². The zero-order valence-electron chi connectivity index (χ0n) is 13.9. The number of nitrogens with one attached hydrogen (secondary N) is 2. The highest BCUT2D eigenvalue weighted by Crippen LogP contribution is 2.32. The van der Waals surface area contributed by atoms with Crippen molar-refractivity contribution in [3.05, 3.63) is 40.5 Å². The van der Waals surface area contributed by atoms with E-state index in [1.807, 2.05) is 0 Å². The summed E-state index contributed by atoms with van der Waals surface area (Å²) in [7, 11) is 0. The van der Waals surface area contributed by atoms with Crippen molar-refractivity contribution in [2.45, 2.75) is 32.6 Å². The first-order chi connectivity index (χ1) is 11.5. The molecule has 0 saturated heterocycles. The molecule has 0 aromatic heterocycles. The molecule has 0 radical (unpaired) electrons. The van der Waals surface area contributed by atoms with Crippen LogP contribution in [0.2, 0.25) is 0 Å². The van der Waals surface area contributed by atoms with Crippen molar-refractivity contribution in [2.24, 2.45) is 0 Å². The van der Waals surface area contributed by atoms with Crippen LogP contribution in [-0.4, -0.2) is 41.8 Å². The van der Waals surface area contributed by atoms with Gasteiger partial charge in [-0.25, -0.2) is 9.59 Å². The second kappa shape index (κ2) is 8.49. The number of fused-ring (bicyclic) bond motifs is 2. The molecule has 0 atom stereocenters. The molecule has 130 valence electrons. The highest BCUT2D eigenvalue weighted by atomic mass is 16.4. The molecular weight excluding hydrogens is 308 g/mol. The molecule has 6 heteroatoms. The number of anilines is 1. The number of hydrogen-bond acceptors (Lipinski definition) is 4. The molecule has 0 fully saturated rings. The van der Waals surface area contributed by atoms with E-state index in [1.54, 1.807) is 16.7 Å². The van der Waals surface area contributed by atoms with E-state index in [4.69, 9.17) is 10.2 Å². The highest BCUT2D eigenvalue weighted by Gasteiger charge is 2.18. The molecule has 1 aromatic rings. The maximum Gasteiger partial charge on any atom is 0.328 e. The molecule has 1 aromatic carbocycles. The van der Waals surface area contributed by atoms with E-state index >= 15 is 0 Å². The van der Waals surface area contributed by atoms with Gasteiger partial charge in [-0.05, 0) is 68.0 Å². The molecule has 4 N–H and O–H groups in total. The third kappa shape index (κ3) is 4.83. The van der Waals surface area contributed by atoms with Gasteiger partial charge in [-0.15, -0.1) is 0 Å². The molecule has 0 aliphatic carbocycles. The molecule has 24 heavy (non-hydrogen) atoms. The number of carbonyl (C=O) groups is 2. The van der Waals surface area contributed by atoms with Crippen LogP contribution < -0.4 is 10.6 Å². The number of carboxylic acids is 2. The van der Waals surface area contributed by atoms with Crippen LogP contribution in [0, 0.1) is 6.92 Å². The largest absolute Gasteiger partial charge is 0.478 e. The lowest BCUT2D eigenvalue weighted by molar-refractivity contribution is -0.134. The fourth-order valence-electron chi connectivity index (χ4n) is 3.21. The lowest BCUT2D eigenvalue weighted by Gasteiger charge is -2.24. The standard InChI is InChI=1S/C14H20N2.C4H4O4/c1-10-13-5-8-15-7-4-11(13)9-12-3-2-6-16-14(10)12;5-3(6)1-2-4(7)8/h9,15-16H,2-8H2,1H3;1-2H,(H,5,6)(H,7,8)/b;2-1+. The van der Waals surface area contributed by atoms with Crippen molar-refractivity contribution < 1.29 is 19.8 Å². The smallest absolute Gasteiger partial charge is 0.328 e. The zero-order valence-corrected chi connectivity index (χ0v) is 13.9. The molecule has 0 amide bonds. The van der Waals surface area contributed by atoms with Gasteiger partial charge in [0.2, 0.25) is 0 Å². The van der Waals surface area contributed by atoms with Gasteiger partial charge in [0.05, 0.1) is 0 Å². The van der Waals surface area contributed by atoms with Gasteiger partial charge < -0.3 is 20.8 Å².